The SMILES string of the molecule is [CH]1CC=C2CC=CC=C12. The summed E-state index contributed by atoms with van der Waals surface area (Å²) in [5.41, 5.74) is 2.95. The van der Waals surface area contributed by atoms with Gasteiger partial charge in [0.05, 0.1) is 0 Å². The minimum Gasteiger partial charge on any atom is -0.0801 e. The lowest BCUT2D eigenvalue weighted by Gasteiger charge is -2.04. The Kier molecular flexibility index (Phi) is 1.05. The normalized spacial score (nSPS) is 23.1. The highest BCUT2D eigenvalue weighted by molar-refractivity contribution is 5.48. The minimum absolute atomic E-state index is 1.14. The third-order valence-electron chi connectivity index (χ3n) is 1.82. The Labute approximate surface area is 55.6 Å². The van der Waals surface area contributed by atoms with E-state index < -0.39 is 0 Å². The van der Waals surface area contributed by atoms with Crippen LogP contribution in [0.5, 0.6) is 0 Å². The summed E-state index contributed by atoms with van der Waals surface area (Å²) in [6.45, 7) is 0. The van der Waals surface area contributed by atoms with E-state index in [1.54, 1.807) is 0 Å². The van der Waals surface area contributed by atoms with Crippen LogP contribution in [0.4, 0.5) is 0 Å². The largest absolute Gasteiger partial charge is 0.0801 e. The highest BCUT2D eigenvalue weighted by atomic mass is 14.2. The molecule has 1 radical (unpaired) electrons. The lowest BCUT2D eigenvalue weighted by atomic mass is 10.0. The predicted molar refractivity (Wildman–Crippen MR) is 38.8 cm³/mol. The number of hydrogen-bond acceptors (Lipinski definition) is 0. The van der Waals surface area contributed by atoms with Gasteiger partial charge in [0.25, 0.3) is 0 Å². The summed E-state index contributed by atoms with van der Waals surface area (Å²) >= 11 is 0. The fourth-order valence-electron chi connectivity index (χ4n) is 1.32. The quantitative estimate of drug-likeness (QED) is 0.457. The molecular weight excluding hydrogens is 108 g/mol. The molecule has 0 atom stereocenters. The maximum Gasteiger partial charge on any atom is -0.00525 e. The van der Waals surface area contributed by atoms with Gasteiger partial charge in [-0.3, -0.25) is 0 Å². The van der Waals surface area contributed by atoms with Gasteiger partial charge in [0, 0.05) is 0 Å². The maximum absolute atomic E-state index is 2.30. The van der Waals surface area contributed by atoms with Gasteiger partial charge in [0.1, 0.15) is 0 Å². The molecule has 0 heteroatoms. The highest BCUT2D eigenvalue weighted by Crippen LogP contribution is 2.28. The van der Waals surface area contributed by atoms with Crippen molar-refractivity contribution < 1.29 is 0 Å². The lowest BCUT2D eigenvalue weighted by molar-refractivity contribution is 1.23. The Morgan fingerprint density at radius 2 is 2.33 bits per heavy atom. The first kappa shape index (κ1) is 5.04. The molecule has 45 valence electrons. The molecule has 0 saturated carbocycles. The zero-order valence-corrected chi connectivity index (χ0v) is 5.30. The Morgan fingerprint density at radius 1 is 1.33 bits per heavy atom. The van der Waals surface area contributed by atoms with Gasteiger partial charge < -0.3 is 0 Å². The number of allylic oxidation sites excluding steroid dienone is 6. The Bertz CT molecular complexity index is 204. The van der Waals surface area contributed by atoms with Crippen molar-refractivity contribution >= 4 is 0 Å². The molecule has 0 fully saturated rings. The summed E-state index contributed by atoms with van der Waals surface area (Å²) in [6.07, 6.45) is 13.4. The van der Waals surface area contributed by atoms with Gasteiger partial charge >= 0.3 is 0 Å². The van der Waals surface area contributed by atoms with Gasteiger partial charge in [-0.1, -0.05) is 24.3 Å². The fraction of sp³-hybridized carbons (Fsp3) is 0.222. The minimum atomic E-state index is 1.14. The van der Waals surface area contributed by atoms with Crippen molar-refractivity contribution in [2.45, 2.75) is 12.8 Å². The van der Waals surface area contributed by atoms with E-state index in [-0.39, 0.29) is 0 Å². The van der Waals surface area contributed by atoms with E-state index in [0.717, 1.165) is 12.8 Å². The molecule has 0 aromatic carbocycles. The lowest BCUT2D eigenvalue weighted by Crippen LogP contribution is -1.85. The van der Waals surface area contributed by atoms with Crippen LogP contribution in [-0.4, -0.2) is 0 Å². The molecule has 0 saturated heterocycles. The van der Waals surface area contributed by atoms with Crippen LogP contribution in [0.15, 0.2) is 35.5 Å². The Morgan fingerprint density at radius 3 is 3.22 bits per heavy atom. The van der Waals surface area contributed by atoms with Gasteiger partial charge in [0.15, 0.2) is 0 Å². The van der Waals surface area contributed by atoms with Gasteiger partial charge in [-0.15, -0.1) is 0 Å². The molecule has 0 spiro atoms. The van der Waals surface area contributed by atoms with E-state index in [0.29, 0.717) is 0 Å². The topological polar surface area (TPSA) is 0 Å². The average Bonchev–Trinajstić information content (AvgIpc) is 2.33. The molecule has 0 heterocycles. The highest BCUT2D eigenvalue weighted by Gasteiger charge is 2.10. The number of rotatable bonds is 0. The monoisotopic (exact) mass is 117 g/mol. The Balaban J connectivity index is 2.37. The zero-order chi connectivity index (χ0) is 6.10. The van der Waals surface area contributed by atoms with Crippen LogP contribution >= 0.6 is 0 Å². The maximum atomic E-state index is 2.30. The van der Waals surface area contributed by atoms with E-state index in [2.05, 4.69) is 30.7 Å². The van der Waals surface area contributed by atoms with Crippen LogP contribution < -0.4 is 0 Å². The molecule has 0 aromatic rings. The van der Waals surface area contributed by atoms with Crippen LogP contribution in [0.3, 0.4) is 0 Å². The molecule has 0 bridgehead atoms. The summed E-state index contributed by atoms with van der Waals surface area (Å²) in [5.74, 6) is 0. The molecule has 0 amide bonds. The first-order valence-electron chi connectivity index (χ1n) is 3.36. The summed E-state index contributed by atoms with van der Waals surface area (Å²) in [5, 5.41) is 0. The van der Waals surface area contributed by atoms with Crippen LogP contribution in [-0.2, 0) is 0 Å². The summed E-state index contributed by atoms with van der Waals surface area (Å²) in [7, 11) is 0. The standard InChI is InChI=1S/C9H9/c1-2-5-9-7-3-6-8(9)4-1/h1-2,4,6-7H,3,5H2. The van der Waals surface area contributed by atoms with Gasteiger partial charge in [0.2, 0.25) is 0 Å². The predicted octanol–water partition coefficient (Wildman–Crippen LogP) is 2.41. The van der Waals surface area contributed by atoms with E-state index in [4.69, 9.17) is 0 Å². The van der Waals surface area contributed by atoms with Crippen LogP contribution in [0.1, 0.15) is 12.8 Å². The summed E-state index contributed by atoms with van der Waals surface area (Å²) in [4.78, 5) is 0. The molecule has 9 heavy (non-hydrogen) atoms. The summed E-state index contributed by atoms with van der Waals surface area (Å²) in [6, 6.07) is 0. The molecule has 0 nitrogen and oxygen atoms in total. The summed E-state index contributed by atoms with van der Waals surface area (Å²) < 4.78 is 0. The first-order valence-corrected chi connectivity index (χ1v) is 3.36. The molecule has 2 aliphatic carbocycles. The molecule has 0 aliphatic heterocycles. The first-order chi connectivity index (χ1) is 4.47. The molecule has 0 aromatic heterocycles. The number of hydrogen-bond donors (Lipinski definition) is 0. The number of fused-ring (bicyclic) bond motifs is 1. The molecule has 2 rings (SSSR count). The zero-order valence-electron chi connectivity index (χ0n) is 5.30. The van der Waals surface area contributed by atoms with E-state index >= 15 is 0 Å². The molecule has 0 N–H and O–H groups in total. The van der Waals surface area contributed by atoms with Crippen LogP contribution in [0.2, 0.25) is 0 Å². The van der Waals surface area contributed by atoms with Gasteiger partial charge in [-0.2, -0.15) is 0 Å². The van der Waals surface area contributed by atoms with Crippen LogP contribution in [0.25, 0.3) is 0 Å². The van der Waals surface area contributed by atoms with Crippen molar-refractivity contribution in [1.82, 2.24) is 0 Å². The van der Waals surface area contributed by atoms with E-state index in [1.807, 2.05) is 0 Å². The van der Waals surface area contributed by atoms with E-state index in [9.17, 15) is 0 Å². The second kappa shape index (κ2) is 1.87. The van der Waals surface area contributed by atoms with Crippen molar-refractivity contribution in [3.05, 3.63) is 41.9 Å². The van der Waals surface area contributed by atoms with Gasteiger partial charge in [-0.05, 0) is 30.4 Å². The van der Waals surface area contributed by atoms with Crippen LogP contribution in [0, 0.1) is 6.42 Å². The van der Waals surface area contributed by atoms with Crippen molar-refractivity contribution in [2.24, 2.45) is 0 Å². The third kappa shape index (κ3) is 0.748. The molecule has 2 aliphatic rings. The second-order valence-corrected chi connectivity index (χ2v) is 2.42. The fourth-order valence-corrected chi connectivity index (χ4v) is 1.32. The third-order valence-corrected chi connectivity index (χ3v) is 1.82. The average molecular weight is 117 g/mol. The molecule has 0 unspecified atom stereocenters. The van der Waals surface area contributed by atoms with Crippen molar-refractivity contribution in [2.75, 3.05) is 0 Å². The smallest absolute Gasteiger partial charge is 0.00525 e. The van der Waals surface area contributed by atoms with Crippen molar-refractivity contribution in [1.29, 1.82) is 0 Å². The molecular formula is C9H9. The second-order valence-electron chi connectivity index (χ2n) is 2.42. The Hall–Kier alpha value is -0.780. The van der Waals surface area contributed by atoms with Crippen molar-refractivity contribution in [3.63, 3.8) is 0 Å². The van der Waals surface area contributed by atoms with E-state index in [1.165, 1.54) is 11.1 Å². The van der Waals surface area contributed by atoms with Crippen molar-refractivity contribution in [3.8, 4) is 0 Å². The van der Waals surface area contributed by atoms with Gasteiger partial charge in [-0.25, -0.2) is 0 Å².